The van der Waals surface area contributed by atoms with Crippen molar-refractivity contribution >= 4 is 23.5 Å². The van der Waals surface area contributed by atoms with Gasteiger partial charge in [-0.2, -0.15) is 0 Å². The molecule has 1 saturated carbocycles. The molecule has 6 rings (SSSR count). The molecule has 0 bridgehead atoms. The molecule has 8 heteroatoms. The maximum atomic E-state index is 14.0. The van der Waals surface area contributed by atoms with Gasteiger partial charge in [-0.3, -0.25) is 14.4 Å². The number of carbonyl (C=O) groups is 4. The summed E-state index contributed by atoms with van der Waals surface area (Å²) in [6, 6.07) is 0. The average molecular weight is 442 g/mol. The standard InChI is InChI=1S/C24H26O8/c1-10-18(27)16-17-19(30-10)31-20(28)22(17,4)8-13-23(16,5)14(25)6-11-12(24(13)9-29-24)7-15(26)32-21(11,2)3/h6-7,10,13,16-17,19H,8-9H2,1-5H3/t10-,13+,16+,17+,19-,22+,23+,24-/m0/s1. The van der Waals surface area contributed by atoms with Crippen molar-refractivity contribution < 1.29 is 38.1 Å². The highest BCUT2D eigenvalue weighted by Crippen LogP contribution is 2.69. The highest BCUT2D eigenvalue weighted by Gasteiger charge is 2.77. The van der Waals surface area contributed by atoms with E-state index < -0.39 is 64.1 Å². The quantitative estimate of drug-likeness (QED) is 0.412. The van der Waals surface area contributed by atoms with E-state index in [0.717, 1.165) is 0 Å². The minimum absolute atomic E-state index is 0.198. The van der Waals surface area contributed by atoms with E-state index >= 15 is 0 Å². The molecule has 0 amide bonds. The molecule has 8 atom stereocenters. The van der Waals surface area contributed by atoms with Gasteiger partial charge in [0.1, 0.15) is 17.3 Å². The number of cyclic esters (lactones) is 1. The van der Waals surface area contributed by atoms with Gasteiger partial charge in [0.2, 0.25) is 6.29 Å². The van der Waals surface area contributed by atoms with Crippen molar-refractivity contribution in [3.8, 4) is 0 Å². The highest BCUT2D eigenvalue weighted by atomic mass is 16.7. The number of hydrogen-bond donors (Lipinski definition) is 0. The number of esters is 2. The highest BCUT2D eigenvalue weighted by molar-refractivity contribution is 6.04. The molecule has 32 heavy (non-hydrogen) atoms. The Bertz CT molecular complexity index is 1080. The van der Waals surface area contributed by atoms with Crippen LogP contribution in [-0.4, -0.2) is 53.7 Å². The molecule has 6 aliphatic rings. The molecular formula is C24H26O8. The van der Waals surface area contributed by atoms with Gasteiger partial charge in [-0.15, -0.1) is 0 Å². The van der Waals surface area contributed by atoms with Crippen LogP contribution in [0.25, 0.3) is 0 Å². The molecule has 4 aliphatic heterocycles. The lowest BCUT2D eigenvalue weighted by Crippen LogP contribution is -2.65. The molecule has 170 valence electrons. The number of Topliss-reactive ketones (excluding diaryl/α,β-unsaturated/α-hetero) is 1. The lowest BCUT2D eigenvalue weighted by molar-refractivity contribution is -0.221. The van der Waals surface area contributed by atoms with E-state index in [-0.39, 0.29) is 11.6 Å². The van der Waals surface area contributed by atoms with Crippen molar-refractivity contribution in [3.63, 3.8) is 0 Å². The van der Waals surface area contributed by atoms with Crippen molar-refractivity contribution in [3.05, 3.63) is 23.3 Å². The number of ether oxygens (including phenoxy) is 4. The van der Waals surface area contributed by atoms with Crippen LogP contribution in [0.1, 0.15) is 41.0 Å². The van der Waals surface area contributed by atoms with Crippen LogP contribution in [0, 0.1) is 28.6 Å². The van der Waals surface area contributed by atoms with Gasteiger partial charge < -0.3 is 18.9 Å². The van der Waals surface area contributed by atoms with Crippen molar-refractivity contribution in [1.29, 1.82) is 0 Å². The second-order valence-electron chi connectivity index (χ2n) is 11.0. The molecule has 1 spiro atoms. The summed E-state index contributed by atoms with van der Waals surface area (Å²) >= 11 is 0. The number of allylic oxidation sites excluding steroid dienone is 1. The molecule has 0 unspecified atom stereocenters. The summed E-state index contributed by atoms with van der Waals surface area (Å²) in [6.45, 7) is 9.04. The summed E-state index contributed by atoms with van der Waals surface area (Å²) in [5.41, 5.74) is -2.88. The molecule has 0 aromatic rings. The third-order valence-electron chi connectivity index (χ3n) is 8.96. The first-order chi connectivity index (χ1) is 14.9. The first kappa shape index (κ1) is 20.3. The van der Waals surface area contributed by atoms with E-state index in [1.165, 1.54) is 12.2 Å². The van der Waals surface area contributed by atoms with Crippen LogP contribution in [0.15, 0.2) is 23.3 Å². The first-order valence-electron chi connectivity index (χ1n) is 11.1. The molecular weight excluding hydrogens is 416 g/mol. The fourth-order valence-electron chi connectivity index (χ4n) is 7.17. The smallest absolute Gasteiger partial charge is 0.332 e. The average Bonchev–Trinajstić information content (AvgIpc) is 3.45. The molecule has 0 aromatic heterocycles. The number of fused-ring (bicyclic) bond motifs is 5. The van der Waals surface area contributed by atoms with Crippen molar-refractivity contribution in [2.24, 2.45) is 28.6 Å². The van der Waals surface area contributed by atoms with Crippen molar-refractivity contribution in [1.82, 2.24) is 0 Å². The lowest BCUT2D eigenvalue weighted by atomic mass is 9.45. The van der Waals surface area contributed by atoms with Crippen LogP contribution in [0.4, 0.5) is 0 Å². The van der Waals surface area contributed by atoms with E-state index in [1.807, 2.05) is 6.92 Å². The Morgan fingerprint density at radius 1 is 1.00 bits per heavy atom. The maximum Gasteiger partial charge on any atom is 0.332 e. The van der Waals surface area contributed by atoms with Gasteiger partial charge in [0.05, 0.1) is 12.0 Å². The van der Waals surface area contributed by atoms with Gasteiger partial charge >= 0.3 is 11.9 Å². The summed E-state index contributed by atoms with van der Waals surface area (Å²) in [6.07, 6.45) is 1.58. The second-order valence-corrected chi connectivity index (χ2v) is 11.0. The van der Waals surface area contributed by atoms with Crippen LogP contribution >= 0.6 is 0 Å². The third kappa shape index (κ3) is 2.11. The zero-order valence-electron chi connectivity index (χ0n) is 18.7. The molecule has 4 fully saturated rings. The predicted octanol–water partition coefficient (Wildman–Crippen LogP) is 1.66. The Balaban J connectivity index is 1.62. The normalized spacial score (nSPS) is 50.3. The number of hydrogen-bond acceptors (Lipinski definition) is 8. The molecule has 0 radical (unpaired) electrons. The summed E-state index contributed by atoms with van der Waals surface area (Å²) in [4.78, 5) is 53.1. The van der Waals surface area contributed by atoms with Crippen LogP contribution in [0.3, 0.4) is 0 Å². The number of ketones is 2. The summed E-state index contributed by atoms with van der Waals surface area (Å²) in [5, 5.41) is 0. The van der Waals surface area contributed by atoms with Crippen LogP contribution in [-0.2, 0) is 38.1 Å². The van der Waals surface area contributed by atoms with Crippen LogP contribution in [0.5, 0.6) is 0 Å². The zero-order chi connectivity index (χ0) is 23.0. The Labute approximate surface area is 185 Å². The predicted molar refractivity (Wildman–Crippen MR) is 107 cm³/mol. The fraction of sp³-hybridized carbons (Fsp3) is 0.667. The van der Waals surface area contributed by atoms with Gasteiger partial charge in [0, 0.05) is 40.4 Å². The molecule has 3 saturated heterocycles. The largest absolute Gasteiger partial charge is 0.452 e. The SMILES string of the molecule is C[C@@H]1O[C@H]2OC(=O)[C@]3(C)C[C@@H]4[C@](C)(C(=O)C=C5C(=CC(=O)OC5(C)C)[C@@]45CO5)[C@@H](C1=O)[C@H]23. The van der Waals surface area contributed by atoms with Gasteiger partial charge in [-0.1, -0.05) is 6.92 Å². The number of epoxide rings is 1. The lowest BCUT2D eigenvalue weighted by Gasteiger charge is -2.56. The van der Waals surface area contributed by atoms with E-state index in [0.29, 0.717) is 24.2 Å². The summed E-state index contributed by atoms with van der Waals surface area (Å²) in [7, 11) is 0. The molecule has 4 heterocycles. The third-order valence-corrected chi connectivity index (χ3v) is 8.96. The van der Waals surface area contributed by atoms with Crippen molar-refractivity contribution in [2.45, 2.75) is 64.6 Å². The summed E-state index contributed by atoms with van der Waals surface area (Å²) < 4.78 is 23.0. The minimum Gasteiger partial charge on any atom is -0.452 e. The minimum atomic E-state index is -1.15. The Hall–Kier alpha value is -2.32. The topological polar surface area (TPSA) is 108 Å². The van der Waals surface area contributed by atoms with Crippen LogP contribution < -0.4 is 0 Å². The monoisotopic (exact) mass is 442 g/mol. The zero-order valence-corrected chi connectivity index (χ0v) is 18.7. The van der Waals surface area contributed by atoms with Gasteiger partial charge in [-0.25, -0.2) is 4.79 Å². The Morgan fingerprint density at radius 3 is 2.34 bits per heavy atom. The van der Waals surface area contributed by atoms with E-state index in [2.05, 4.69) is 0 Å². The molecule has 0 aromatic carbocycles. The maximum absolute atomic E-state index is 14.0. The molecule has 8 nitrogen and oxygen atoms in total. The van der Waals surface area contributed by atoms with Crippen molar-refractivity contribution in [2.75, 3.05) is 6.61 Å². The fourth-order valence-corrected chi connectivity index (χ4v) is 7.17. The van der Waals surface area contributed by atoms with Gasteiger partial charge in [0.15, 0.2) is 11.6 Å². The van der Waals surface area contributed by atoms with E-state index in [1.54, 1.807) is 27.7 Å². The Morgan fingerprint density at radius 2 is 1.69 bits per heavy atom. The van der Waals surface area contributed by atoms with Gasteiger partial charge in [0.25, 0.3) is 0 Å². The summed E-state index contributed by atoms with van der Waals surface area (Å²) in [5.74, 6) is -3.14. The number of rotatable bonds is 0. The molecule has 2 aliphatic carbocycles. The Kier molecular flexibility index (Phi) is 3.55. The van der Waals surface area contributed by atoms with Crippen LogP contribution in [0.2, 0.25) is 0 Å². The molecule has 0 N–H and O–H groups in total. The number of carbonyl (C=O) groups excluding carboxylic acids is 4. The van der Waals surface area contributed by atoms with Gasteiger partial charge in [-0.05, 0) is 40.2 Å². The van der Waals surface area contributed by atoms with E-state index in [4.69, 9.17) is 18.9 Å². The van der Waals surface area contributed by atoms with E-state index in [9.17, 15) is 19.2 Å². The second kappa shape index (κ2) is 5.59. The first-order valence-corrected chi connectivity index (χ1v) is 11.1.